The van der Waals surface area contributed by atoms with Gasteiger partial charge in [-0.3, -0.25) is 9.59 Å². The molecule has 0 aromatic carbocycles. The van der Waals surface area contributed by atoms with Gasteiger partial charge in [0.15, 0.2) is 0 Å². The molecule has 4 atom stereocenters. The van der Waals surface area contributed by atoms with Crippen molar-refractivity contribution in [1.82, 2.24) is 10.2 Å². The Morgan fingerprint density at radius 3 is 2.75 bits per heavy atom. The zero-order valence-corrected chi connectivity index (χ0v) is 13.8. The number of carbonyl (C=O) groups is 2. The lowest BCUT2D eigenvalue weighted by atomic mass is 9.93. The minimum Gasteiger partial charge on any atom is -0.342 e. The molecule has 0 saturated carbocycles. The Morgan fingerprint density at radius 1 is 1.50 bits per heavy atom. The van der Waals surface area contributed by atoms with E-state index in [4.69, 9.17) is 0 Å². The third kappa shape index (κ3) is 2.97. The van der Waals surface area contributed by atoms with Crippen LogP contribution < -0.4 is 5.32 Å². The van der Waals surface area contributed by atoms with E-state index in [1.807, 2.05) is 30.5 Å². The van der Waals surface area contributed by atoms with Gasteiger partial charge in [-0.05, 0) is 38.4 Å². The molecule has 5 heteroatoms. The van der Waals surface area contributed by atoms with Crippen LogP contribution >= 0.6 is 11.8 Å². The van der Waals surface area contributed by atoms with Gasteiger partial charge < -0.3 is 10.2 Å². The average molecular weight is 298 g/mol. The molecule has 2 rings (SSSR count). The molecule has 0 bridgehead atoms. The van der Waals surface area contributed by atoms with E-state index in [2.05, 4.69) is 19.2 Å². The summed E-state index contributed by atoms with van der Waals surface area (Å²) in [7, 11) is 0. The number of amides is 2. The minimum absolute atomic E-state index is 0.0125. The Hall–Kier alpha value is -0.710. The highest BCUT2D eigenvalue weighted by atomic mass is 32.2. The molecule has 2 aliphatic rings. The van der Waals surface area contributed by atoms with Crippen molar-refractivity contribution in [2.24, 2.45) is 5.92 Å². The predicted molar refractivity (Wildman–Crippen MR) is 82.7 cm³/mol. The summed E-state index contributed by atoms with van der Waals surface area (Å²) in [5, 5.41) is 2.90. The molecule has 1 N–H and O–H groups in total. The van der Waals surface area contributed by atoms with Crippen LogP contribution in [0.15, 0.2) is 0 Å². The number of thioether (sulfide) groups is 1. The first-order valence-corrected chi connectivity index (χ1v) is 8.61. The summed E-state index contributed by atoms with van der Waals surface area (Å²) in [6.45, 7) is 8.83. The van der Waals surface area contributed by atoms with E-state index in [0.717, 1.165) is 18.6 Å². The number of hydrogen-bond donors (Lipinski definition) is 1. The van der Waals surface area contributed by atoms with Crippen molar-refractivity contribution in [2.45, 2.75) is 63.8 Å². The molecule has 0 aromatic heterocycles. The van der Waals surface area contributed by atoms with Crippen molar-refractivity contribution < 1.29 is 9.59 Å². The molecule has 2 fully saturated rings. The molecular weight excluding hydrogens is 272 g/mol. The van der Waals surface area contributed by atoms with Crippen molar-refractivity contribution in [2.75, 3.05) is 12.3 Å². The highest BCUT2D eigenvalue weighted by Crippen LogP contribution is 2.39. The average Bonchev–Trinajstić information content (AvgIpc) is 2.85. The van der Waals surface area contributed by atoms with Crippen LogP contribution in [0.5, 0.6) is 0 Å². The normalized spacial score (nSPS) is 36.1. The number of hydrogen-bond acceptors (Lipinski definition) is 3. The third-order valence-electron chi connectivity index (χ3n) is 4.71. The molecule has 114 valence electrons. The van der Waals surface area contributed by atoms with Gasteiger partial charge in [0.05, 0.1) is 0 Å². The van der Waals surface area contributed by atoms with Gasteiger partial charge in [0.2, 0.25) is 11.8 Å². The van der Waals surface area contributed by atoms with Crippen LogP contribution in [0.4, 0.5) is 0 Å². The second kappa shape index (κ2) is 5.96. The Morgan fingerprint density at radius 2 is 2.20 bits per heavy atom. The molecule has 2 heterocycles. The van der Waals surface area contributed by atoms with E-state index in [0.29, 0.717) is 6.54 Å². The van der Waals surface area contributed by atoms with Crippen LogP contribution in [-0.2, 0) is 9.59 Å². The summed E-state index contributed by atoms with van der Waals surface area (Å²) in [6, 6.07) is -0.695. The van der Waals surface area contributed by atoms with Crippen molar-refractivity contribution in [3.63, 3.8) is 0 Å². The van der Waals surface area contributed by atoms with Crippen LogP contribution in [-0.4, -0.2) is 45.8 Å². The number of carbonyl (C=O) groups excluding carboxylic acids is 2. The maximum atomic E-state index is 12.7. The summed E-state index contributed by atoms with van der Waals surface area (Å²) in [5.74, 6) is 1.43. The van der Waals surface area contributed by atoms with E-state index >= 15 is 0 Å². The van der Waals surface area contributed by atoms with E-state index in [9.17, 15) is 9.59 Å². The van der Waals surface area contributed by atoms with Gasteiger partial charge in [0.25, 0.3) is 0 Å². The van der Waals surface area contributed by atoms with Gasteiger partial charge in [-0.1, -0.05) is 20.3 Å². The van der Waals surface area contributed by atoms with Gasteiger partial charge in [0, 0.05) is 11.3 Å². The van der Waals surface area contributed by atoms with Crippen LogP contribution in [0.1, 0.15) is 47.0 Å². The smallest absolute Gasteiger partial charge is 0.246 e. The highest BCUT2D eigenvalue weighted by molar-refractivity contribution is 8.00. The van der Waals surface area contributed by atoms with Crippen molar-refractivity contribution in [1.29, 1.82) is 0 Å². The Labute approximate surface area is 126 Å². The molecule has 4 unspecified atom stereocenters. The predicted octanol–water partition coefficient (Wildman–Crippen LogP) is 2.03. The Balaban J connectivity index is 2.15. The lowest BCUT2D eigenvalue weighted by Crippen LogP contribution is -2.65. The molecule has 0 aromatic rings. The van der Waals surface area contributed by atoms with Gasteiger partial charge in [-0.25, -0.2) is 0 Å². The first-order valence-electron chi connectivity index (χ1n) is 7.63. The molecule has 0 aliphatic carbocycles. The summed E-state index contributed by atoms with van der Waals surface area (Å²) in [5.41, 5.74) is 0. The zero-order chi connectivity index (χ0) is 14.9. The van der Waals surface area contributed by atoms with E-state index in [-0.39, 0.29) is 34.6 Å². The molecule has 2 aliphatic heterocycles. The van der Waals surface area contributed by atoms with Crippen LogP contribution in [0.2, 0.25) is 0 Å². The lowest BCUT2D eigenvalue weighted by molar-refractivity contribution is -0.150. The summed E-state index contributed by atoms with van der Waals surface area (Å²) < 4.78 is 0.113. The van der Waals surface area contributed by atoms with E-state index in [1.165, 1.54) is 6.42 Å². The molecule has 0 radical (unpaired) electrons. The monoisotopic (exact) mass is 298 g/mol. The van der Waals surface area contributed by atoms with Crippen LogP contribution in [0, 0.1) is 5.92 Å². The van der Waals surface area contributed by atoms with Crippen LogP contribution in [0.25, 0.3) is 0 Å². The van der Waals surface area contributed by atoms with E-state index < -0.39 is 0 Å². The largest absolute Gasteiger partial charge is 0.342 e. The number of nitrogens with zero attached hydrogens (tertiary/aromatic N) is 1. The fourth-order valence-corrected chi connectivity index (χ4v) is 4.31. The first kappa shape index (κ1) is 15.7. The van der Waals surface area contributed by atoms with Gasteiger partial charge in [-0.2, -0.15) is 11.8 Å². The van der Waals surface area contributed by atoms with Crippen LogP contribution in [0.3, 0.4) is 0 Å². The van der Waals surface area contributed by atoms with Crippen molar-refractivity contribution in [3.8, 4) is 0 Å². The van der Waals surface area contributed by atoms with Gasteiger partial charge in [-0.15, -0.1) is 0 Å². The minimum atomic E-state index is -0.348. The molecule has 4 nitrogen and oxygen atoms in total. The first-order chi connectivity index (χ1) is 9.38. The molecule has 0 spiro atoms. The summed E-state index contributed by atoms with van der Waals surface area (Å²) in [4.78, 5) is 26.7. The number of nitrogens with one attached hydrogen (secondary N) is 1. The zero-order valence-electron chi connectivity index (χ0n) is 12.9. The highest BCUT2D eigenvalue weighted by Gasteiger charge is 2.43. The fraction of sp³-hybridized carbons (Fsp3) is 0.867. The molecular formula is C15H26N2O2S. The quantitative estimate of drug-likeness (QED) is 0.864. The molecule has 2 saturated heterocycles. The van der Waals surface area contributed by atoms with Crippen molar-refractivity contribution >= 4 is 23.6 Å². The fourth-order valence-electron chi connectivity index (χ4n) is 3.00. The summed E-state index contributed by atoms with van der Waals surface area (Å²) in [6.07, 6.45) is 3.23. The van der Waals surface area contributed by atoms with E-state index in [1.54, 1.807) is 0 Å². The Kier molecular flexibility index (Phi) is 4.67. The maximum absolute atomic E-state index is 12.7. The Bertz CT molecular complexity index is 393. The second-order valence-electron chi connectivity index (χ2n) is 6.42. The third-order valence-corrected chi connectivity index (χ3v) is 6.24. The topological polar surface area (TPSA) is 49.4 Å². The van der Waals surface area contributed by atoms with Gasteiger partial charge >= 0.3 is 0 Å². The standard InChI is InChI=1S/C15H26N2O2S/c1-5-10(2)12-14(19)17(11(3)13(18)16-12)9-15(4)7-6-8-20-15/h10-12H,5-9H2,1-4H3,(H,16,18). The molecule has 20 heavy (non-hydrogen) atoms. The SMILES string of the molecule is CCC(C)C1NC(=O)C(C)N(CC2(C)CCCS2)C1=O. The maximum Gasteiger partial charge on any atom is 0.246 e. The lowest BCUT2D eigenvalue weighted by Gasteiger charge is -2.42. The molecule has 2 amide bonds. The van der Waals surface area contributed by atoms with Crippen molar-refractivity contribution in [3.05, 3.63) is 0 Å². The number of rotatable bonds is 4. The second-order valence-corrected chi connectivity index (χ2v) is 8.10. The van der Waals surface area contributed by atoms with Gasteiger partial charge in [0.1, 0.15) is 12.1 Å². The summed E-state index contributed by atoms with van der Waals surface area (Å²) >= 11 is 1.93. The number of piperazine rings is 1.